The summed E-state index contributed by atoms with van der Waals surface area (Å²) in [6.07, 6.45) is 1.84. The van der Waals surface area contributed by atoms with E-state index in [-0.39, 0.29) is 56.0 Å². The van der Waals surface area contributed by atoms with E-state index >= 15 is 0 Å². The van der Waals surface area contributed by atoms with Crippen molar-refractivity contribution in [3.05, 3.63) is 24.6 Å². The maximum atomic E-state index is 12.0. The van der Waals surface area contributed by atoms with Crippen LogP contribution < -0.4 is 21.3 Å². The number of carbonyl (C=O) groups excluding carboxylic acids is 3. The smallest absolute Gasteiger partial charge is 0.239 e. The van der Waals surface area contributed by atoms with Crippen molar-refractivity contribution in [1.29, 1.82) is 0 Å². The molecule has 238 valence electrons. The third-order valence-corrected chi connectivity index (χ3v) is 7.81. The standard InChI is InChI=1S/C30H57N5O5S/c1-13-26(41-22(4)5)23(6)34-30(10,11)24(7)31-16-15-29(8,9)39-20-35(12)40-17-14-27(37)33-19-28(38)32-18-25(36)21(2)3/h21-22,26,31,34H,6-7,13-20H2,1-5,8-12H3,(H,32,38)(H,33,37). The zero-order chi connectivity index (χ0) is 31.8. The summed E-state index contributed by atoms with van der Waals surface area (Å²) in [5.41, 5.74) is 1.13. The molecule has 0 aliphatic heterocycles. The van der Waals surface area contributed by atoms with E-state index in [2.05, 4.69) is 69.0 Å². The SMILES string of the molecule is C=C(NC(C)(C)C(=C)NCCC(C)(C)OCN(C)OCCC(=O)NCC(=O)NCC(=O)C(C)C)C(CC)SC(C)C. The van der Waals surface area contributed by atoms with Crippen LogP contribution in [0.1, 0.15) is 81.6 Å². The van der Waals surface area contributed by atoms with Crippen molar-refractivity contribution in [3.8, 4) is 0 Å². The van der Waals surface area contributed by atoms with E-state index in [9.17, 15) is 14.4 Å². The van der Waals surface area contributed by atoms with Gasteiger partial charge in [-0.25, -0.2) is 0 Å². The normalized spacial score (nSPS) is 12.8. The van der Waals surface area contributed by atoms with Gasteiger partial charge < -0.3 is 26.0 Å². The topological polar surface area (TPSA) is 121 Å². The summed E-state index contributed by atoms with van der Waals surface area (Å²) in [5.74, 6) is -0.936. The third kappa shape index (κ3) is 18.1. The number of hydrogen-bond donors (Lipinski definition) is 4. The Morgan fingerprint density at radius 1 is 0.951 bits per heavy atom. The Morgan fingerprint density at radius 3 is 2.12 bits per heavy atom. The van der Waals surface area contributed by atoms with Gasteiger partial charge in [0.1, 0.15) is 6.73 Å². The highest BCUT2D eigenvalue weighted by atomic mass is 32.2. The molecule has 0 heterocycles. The van der Waals surface area contributed by atoms with Crippen LogP contribution >= 0.6 is 11.8 Å². The Morgan fingerprint density at radius 2 is 1.56 bits per heavy atom. The summed E-state index contributed by atoms with van der Waals surface area (Å²) in [5, 5.41) is 14.4. The number of carbonyl (C=O) groups is 3. The van der Waals surface area contributed by atoms with E-state index < -0.39 is 11.5 Å². The largest absolute Gasteiger partial charge is 0.387 e. The molecule has 1 atom stereocenters. The quantitative estimate of drug-likeness (QED) is 0.103. The molecule has 4 N–H and O–H groups in total. The number of nitrogens with zero attached hydrogens (tertiary/aromatic N) is 1. The van der Waals surface area contributed by atoms with Gasteiger partial charge in [-0.1, -0.05) is 47.8 Å². The van der Waals surface area contributed by atoms with E-state index in [1.54, 1.807) is 20.9 Å². The highest BCUT2D eigenvalue weighted by molar-refractivity contribution is 8.00. The number of amides is 2. The molecule has 0 bridgehead atoms. The molecule has 0 saturated carbocycles. The molecule has 0 aromatic carbocycles. The van der Waals surface area contributed by atoms with Crippen molar-refractivity contribution < 1.29 is 24.0 Å². The fraction of sp³-hybridized carbons (Fsp3) is 0.767. The Balaban J connectivity index is 4.30. The van der Waals surface area contributed by atoms with Gasteiger partial charge in [0.05, 0.1) is 37.3 Å². The molecule has 41 heavy (non-hydrogen) atoms. The number of ketones is 1. The molecular weight excluding hydrogens is 542 g/mol. The molecular formula is C30H57N5O5S. The average molecular weight is 600 g/mol. The molecule has 0 aromatic rings. The molecule has 0 rings (SSSR count). The summed E-state index contributed by atoms with van der Waals surface area (Å²) < 4.78 is 6.02. The summed E-state index contributed by atoms with van der Waals surface area (Å²) >= 11 is 1.91. The third-order valence-electron chi connectivity index (χ3n) is 6.32. The van der Waals surface area contributed by atoms with Crippen LogP contribution in [0.5, 0.6) is 0 Å². The second kappa shape index (κ2) is 19.2. The van der Waals surface area contributed by atoms with E-state index in [1.165, 1.54) is 5.06 Å². The number of rotatable bonds is 23. The number of nitrogens with one attached hydrogen (secondary N) is 4. The first kappa shape index (κ1) is 38.9. The number of Topliss-reactive ketones (excluding diaryl/α,β-unsaturated/α-hetero) is 1. The Bertz CT molecular complexity index is 860. The Labute approximate surface area is 253 Å². The number of hydroxylamine groups is 2. The molecule has 11 heteroatoms. The lowest BCUT2D eigenvalue weighted by atomic mass is 9.99. The van der Waals surface area contributed by atoms with Gasteiger partial charge in [0.25, 0.3) is 0 Å². The molecule has 1 unspecified atom stereocenters. The Hall–Kier alpha value is -2.08. The average Bonchev–Trinajstić information content (AvgIpc) is 2.87. The minimum absolute atomic E-state index is 0.0376. The molecule has 0 saturated heterocycles. The Kier molecular flexibility index (Phi) is 18.2. The number of hydrogen-bond acceptors (Lipinski definition) is 9. The van der Waals surface area contributed by atoms with E-state index in [0.29, 0.717) is 17.0 Å². The molecule has 0 aliphatic carbocycles. The van der Waals surface area contributed by atoms with Crippen molar-refractivity contribution in [2.45, 2.75) is 103 Å². The second-order valence-corrected chi connectivity index (χ2v) is 13.7. The van der Waals surface area contributed by atoms with Crippen LogP contribution in [0, 0.1) is 5.92 Å². The van der Waals surface area contributed by atoms with Gasteiger partial charge in [-0.3, -0.25) is 19.2 Å². The summed E-state index contributed by atoms with van der Waals surface area (Å²) in [7, 11) is 1.73. The van der Waals surface area contributed by atoms with Gasteiger partial charge in [-0.15, -0.1) is 11.8 Å². The maximum Gasteiger partial charge on any atom is 0.239 e. The van der Waals surface area contributed by atoms with Gasteiger partial charge in [0.15, 0.2) is 5.78 Å². The maximum absolute atomic E-state index is 12.0. The van der Waals surface area contributed by atoms with Crippen LogP contribution in [0.25, 0.3) is 0 Å². The van der Waals surface area contributed by atoms with Crippen molar-refractivity contribution in [2.75, 3.05) is 40.0 Å². The molecule has 0 spiro atoms. The molecule has 10 nitrogen and oxygen atoms in total. The fourth-order valence-electron chi connectivity index (χ4n) is 3.43. The van der Waals surface area contributed by atoms with Crippen LogP contribution in [0.2, 0.25) is 0 Å². The predicted molar refractivity (Wildman–Crippen MR) is 169 cm³/mol. The molecule has 2 amide bonds. The summed E-state index contributed by atoms with van der Waals surface area (Å²) in [4.78, 5) is 40.8. The van der Waals surface area contributed by atoms with Crippen LogP contribution in [0.15, 0.2) is 24.6 Å². The van der Waals surface area contributed by atoms with Gasteiger partial charge >= 0.3 is 0 Å². The zero-order valence-corrected chi connectivity index (χ0v) is 28.0. The molecule has 0 aromatic heterocycles. The predicted octanol–water partition coefficient (Wildman–Crippen LogP) is 3.75. The number of ether oxygens (including phenoxy) is 1. The van der Waals surface area contributed by atoms with Crippen molar-refractivity contribution in [1.82, 2.24) is 26.3 Å². The first-order chi connectivity index (χ1) is 18.9. The minimum atomic E-state index is -0.422. The minimum Gasteiger partial charge on any atom is -0.387 e. The van der Waals surface area contributed by atoms with Gasteiger partial charge in [0, 0.05) is 36.2 Å². The van der Waals surface area contributed by atoms with Crippen LogP contribution in [0.4, 0.5) is 0 Å². The van der Waals surface area contributed by atoms with Crippen molar-refractivity contribution in [2.24, 2.45) is 5.92 Å². The number of thioether (sulfide) groups is 1. The summed E-state index contributed by atoms with van der Waals surface area (Å²) in [6, 6.07) is 0. The highest BCUT2D eigenvalue weighted by Gasteiger charge is 2.26. The lowest BCUT2D eigenvalue weighted by molar-refractivity contribution is -0.216. The second-order valence-electron chi connectivity index (χ2n) is 11.9. The zero-order valence-electron chi connectivity index (χ0n) is 27.2. The highest BCUT2D eigenvalue weighted by Crippen LogP contribution is 2.26. The molecule has 0 aliphatic rings. The monoisotopic (exact) mass is 599 g/mol. The van der Waals surface area contributed by atoms with Crippen LogP contribution in [0.3, 0.4) is 0 Å². The fourth-order valence-corrected chi connectivity index (χ4v) is 4.51. The van der Waals surface area contributed by atoms with Crippen LogP contribution in [-0.4, -0.2) is 84.3 Å². The van der Waals surface area contributed by atoms with E-state index in [1.807, 2.05) is 25.6 Å². The van der Waals surface area contributed by atoms with Crippen molar-refractivity contribution in [3.63, 3.8) is 0 Å². The van der Waals surface area contributed by atoms with Gasteiger partial charge in [0.2, 0.25) is 11.8 Å². The first-order valence-electron chi connectivity index (χ1n) is 14.5. The molecule has 0 fully saturated rings. The lowest BCUT2D eigenvalue weighted by Gasteiger charge is -2.35. The van der Waals surface area contributed by atoms with Gasteiger partial charge in [-0.2, -0.15) is 5.06 Å². The first-order valence-corrected chi connectivity index (χ1v) is 15.4. The van der Waals surface area contributed by atoms with Crippen molar-refractivity contribution >= 4 is 29.4 Å². The van der Waals surface area contributed by atoms with Crippen LogP contribution in [-0.2, 0) is 24.0 Å². The summed E-state index contributed by atoms with van der Waals surface area (Å²) in [6.45, 7) is 27.7. The van der Waals surface area contributed by atoms with Gasteiger partial charge in [-0.05, 0) is 45.8 Å². The molecule has 0 radical (unpaired) electrons. The van der Waals surface area contributed by atoms with E-state index in [0.717, 1.165) is 24.2 Å². The van der Waals surface area contributed by atoms with E-state index in [4.69, 9.17) is 9.57 Å². The lowest BCUT2D eigenvalue weighted by Crippen LogP contribution is -2.47.